The van der Waals surface area contributed by atoms with Gasteiger partial charge >= 0.3 is 5.97 Å². The van der Waals surface area contributed by atoms with Gasteiger partial charge in [0.25, 0.3) is 0 Å². The third-order valence-electron chi connectivity index (χ3n) is 3.89. The highest BCUT2D eigenvalue weighted by Gasteiger charge is 2.03. The highest BCUT2D eigenvalue weighted by molar-refractivity contribution is 5.88. The van der Waals surface area contributed by atoms with E-state index in [1.54, 1.807) is 24.3 Å². The number of benzene rings is 3. The van der Waals surface area contributed by atoms with E-state index in [1.165, 1.54) is 0 Å². The second-order valence-electron chi connectivity index (χ2n) is 5.77. The molecule has 3 aromatic rings. The van der Waals surface area contributed by atoms with Crippen molar-refractivity contribution in [3.63, 3.8) is 0 Å². The van der Waals surface area contributed by atoms with Gasteiger partial charge in [-0.3, -0.25) is 0 Å². The molecule has 0 heterocycles. The standard InChI is InChI=1S/C22H20O4/c23-22(24)19-9-7-17(8-10-19)18-11-13-21(14-12-18)26-16-4-15-25-20-5-2-1-3-6-20/h1-3,5-14H,4,15-16H2,(H,23,24). The predicted octanol–water partition coefficient (Wildman–Crippen LogP) is 4.90. The lowest BCUT2D eigenvalue weighted by molar-refractivity contribution is 0.0697. The Morgan fingerprint density at radius 2 is 1.19 bits per heavy atom. The monoisotopic (exact) mass is 348 g/mol. The van der Waals surface area contributed by atoms with Crippen molar-refractivity contribution in [3.05, 3.63) is 84.4 Å². The zero-order chi connectivity index (χ0) is 18.2. The molecule has 0 radical (unpaired) electrons. The first-order valence-electron chi connectivity index (χ1n) is 8.47. The molecule has 3 aromatic carbocycles. The first-order valence-corrected chi connectivity index (χ1v) is 8.47. The number of ether oxygens (including phenoxy) is 2. The van der Waals surface area contributed by atoms with Gasteiger partial charge in [0, 0.05) is 6.42 Å². The highest BCUT2D eigenvalue weighted by Crippen LogP contribution is 2.23. The number of hydrogen-bond donors (Lipinski definition) is 1. The van der Waals surface area contributed by atoms with Crippen LogP contribution in [0.5, 0.6) is 11.5 Å². The van der Waals surface area contributed by atoms with Crippen LogP contribution in [0.2, 0.25) is 0 Å². The van der Waals surface area contributed by atoms with E-state index in [2.05, 4.69) is 0 Å². The SMILES string of the molecule is O=C(O)c1ccc(-c2ccc(OCCCOc3ccccc3)cc2)cc1. The normalized spacial score (nSPS) is 10.3. The predicted molar refractivity (Wildman–Crippen MR) is 101 cm³/mol. The fourth-order valence-electron chi connectivity index (χ4n) is 2.50. The average Bonchev–Trinajstić information content (AvgIpc) is 2.69. The van der Waals surface area contributed by atoms with Gasteiger partial charge in [-0.05, 0) is 47.5 Å². The average molecular weight is 348 g/mol. The summed E-state index contributed by atoms with van der Waals surface area (Å²) in [5.41, 5.74) is 2.27. The smallest absolute Gasteiger partial charge is 0.335 e. The number of hydrogen-bond acceptors (Lipinski definition) is 3. The number of carbonyl (C=O) groups is 1. The van der Waals surface area contributed by atoms with Crippen LogP contribution in [0.3, 0.4) is 0 Å². The maximum atomic E-state index is 10.9. The van der Waals surface area contributed by atoms with Gasteiger partial charge in [0.2, 0.25) is 0 Å². The van der Waals surface area contributed by atoms with Gasteiger partial charge < -0.3 is 14.6 Å². The van der Waals surface area contributed by atoms with Crippen molar-refractivity contribution in [2.45, 2.75) is 6.42 Å². The van der Waals surface area contributed by atoms with E-state index in [-0.39, 0.29) is 5.56 Å². The first-order chi connectivity index (χ1) is 12.7. The molecule has 0 aliphatic heterocycles. The van der Waals surface area contributed by atoms with E-state index in [4.69, 9.17) is 14.6 Å². The van der Waals surface area contributed by atoms with Crippen molar-refractivity contribution >= 4 is 5.97 Å². The molecular formula is C22H20O4. The lowest BCUT2D eigenvalue weighted by atomic mass is 10.0. The molecule has 4 heteroatoms. The fourth-order valence-corrected chi connectivity index (χ4v) is 2.50. The van der Waals surface area contributed by atoms with Gasteiger partial charge in [-0.25, -0.2) is 4.79 Å². The highest BCUT2D eigenvalue weighted by atomic mass is 16.5. The molecule has 0 amide bonds. The van der Waals surface area contributed by atoms with E-state index in [9.17, 15) is 4.79 Å². The van der Waals surface area contributed by atoms with Crippen molar-refractivity contribution in [1.82, 2.24) is 0 Å². The Morgan fingerprint density at radius 3 is 1.73 bits per heavy atom. The number of rotatable bonds is 8. The minimum absolute atomic E-state index is 0.284. The van der Waals surface area contributed by atoms with E-state index in [1.807, 2.05) is 54.6 Å². The second-order valence-corrected chi connectivity index (χ2v) is 5.77. The molecule has 26 heavy (non-hydrogen) atoms. The quantitative estimate of drug-likeness (QED) is 0.588. The molecule has 3 rings (SSSR count). The van der Waals surface area contributed by atoms with Crippen molar-refractivity contribution in [2.75, 3.05) is 13.2 Å². The Balaban J connectivity index is 1.46. The maximum Gasteiger partial charge on any atom is 0.335 e. The summed E-state index contributed by atoms with van der Waals surface area (Å²) in [6, 6.07) is 24.3. The largest absolute Gasteiger partial charge is 0.493 e. The van der Waals surface area contributed by atoms with Crippen molar-refractivity contribution in [3.8, 4) is 22.6 Å². The van der Waals surface area contributed by atoms with E-state index in [0.717, 1.165) is 29.0 Å². The molecule has 1 N–H and O–H groups in total. The van der Waals surface area contributed by atoms with E-state index in [0.29, 0.717) is 13.2 Å². The molecular weight excluding hydrogens is 328 g/mol. The maximum absolute atomic E-state index is 10.9. The number of carboxylic acids is 1. The Bertz CT molecular complexity index is 824. The lowest BCUT2D eigenvalue weighted by Gasteiger charge is -2.09. The number of para-hydroxylation sites is 1. The Labute approximate surface area is 152 Å². The summed E-state index contributed by atoms with van der Waals surface area (Å²) in [6.45, 7) is 1.19. The van der Waals surface area contributed by atoms with Gasteiger partial charge in [0.15, 0.2) is 0 Å². The molecule has 0 spiro atoms. The topological polar surface area (TPSA) is 55.8 Å². The van der Waals surface area contributed by atoms with Crippen LogP contribution in [0, 0.1) is 0 Å². The summed E-state index contributed by atoms with van der Waals surface area (Å²) in [5, 5.41) is 8.94. The van der Waals surface area contributed by atoms with Gasteiger partial charge in [0.05, 0.1) is 18.8 Å². The molecule has 0 unspecified atom stereocenters. The molecule has 0 aliphatic carbocycles. The van der Waals surface area contributed by atoms with E-state index < -0.39 is 5.97 Å². The van der Waals surface area contributed by atoms with Crippen molar-refractivity contribution < 1.29 is 19.4 Å². The van der Waals surface area contributed by atoms with Crippen LogP contribution in [0.4, 0.5) is 0 Å². The van der Waals surface area contributed by atoms with E-state index >= 15 is 0 Å². The summed E-state index contributed by atoms with van der Waals surface area (Å²) in [6.07, 6.45) is 0.799. The zero-order valence-electron chi connectivity index (χ0n) is 14.3. The van der Waals surface area contributed by atoms with Gasteiger partial charge in [-0.2, -0.15) is 0 Å². The third-order valence-corrected chi connectivity index (χ3v) is 3.89. The molecule has 0 aromatic heterocycles. The molecule has 0 aliphatic rings. The molecule has 0 bridgehead atoms. The van der Waals surface area contributed by atoms with Crippen LogP contribution in [0.1, 0.15) is 16.8 Å². The van der Waals surface area contributed by atoms with Crippen molar-refractivity contribution in [2.24, 2.45) is 0 Å². The first kappa shape index (κ1) is 17.5. The lowest BCUT2D eigenvalue weighted by Crippen LogP contribution is -2.04. The fraction of sp³-hybridized carbons (Fsp3) is 0.136. The molecule has 0 saturated carbocycles. The molecule has 0 atom stereocenters. The van der Waals surface area contributed by atoms with Gasteiger partial charge in [0.1, 0.15) is 11.5 Å². The molecule has 132 valence electrons. The number of aromatic carboxylic acids is 1. The summed E-state index contributed by atoms with van der Waals surface area (Å²) >= 11 is 0. The van der Waals surface area contributed by atoms with Gasteiger partial charge in [-0.15, -0.1) is 0 Å². The number of carboxylic acid groups (broad SMARTS) is 1. The summed E-state index contributed by atoms with van der Waals surface area (Å²) in [5.74, 6) is 0.748. The molecule has 4 nitrogen and oxygen atoms in total. The van der Waals surface area contributed by atoms with Crippen LogP contribution >= 0.6 is 0 Å². The zero-order valence-corrected chi connectivity index (χ0v) is 14.3. The van der Waals surface area contributed by atoms with Crippen LogP contribution in [-0.4, -0.2) is 24.3 Å². The van der Waals surface area contributed by atoms with Crippen molar-refractivity contribution in [1.29, 1.82) is 0 Å². The third kappa shape index (κ3) is 4.86. The molecule has 0 saturated heterocycles. The van der Waals surface area contributed by atoms with Crippen LogP contribution in [-0.2, 0) is 0 Å². The summed E-state index contributed by atoms with van der Waals surface area (Å²) in [4.78, 5) is 10.9. The van der Waals surface area contributed by atoms with Gasteiger partial charge in [-0.1, -0.05) is 42.5 Å². The Morgan fingerprint density at radius 1 is 0.692 bits per heavy atom. The molecule has 0 fully saturated rings. The van der Waals surface area contributed by atoms with Crippen LogP contribution in [0.15, 0.2) is 78.9 Å². The Kier molecular flexibility index (Phi) is 5.88. The van der Waals surface area contributed by atoms with Crippen LogP contribution < -0.4 is 9.47 Å². The Hall–Kier alpha value is -3.27. The minimum atomic E-state index is -0.920. The minimum Gasteiger partial charge on any atom is -0.493 e. The van der Waals surface area contributed by atoms with Crippen LogP contribution in [0.25, 0.3) is 11.1 Å². The second kappa shape index (κ2) is 8.72. The summed E-state index contributed by atoms with van der Waals surface area (Å²) < 4.78 is 11.4. The summed E-state index contributed by atoms with van der Waals surface area (Å²) in [7, 11) is 0.